The highest BCUT2D eigenvalue weighted by Crippen LogP contribution is 2.30. The number of anilines is 2. The summed E-state index contributed by atoms with van der Waals surface area (Å²) in [6, 6.07) is 21.1. The van der Waals surface area contributed by atoms with Gasteiger partial charge in [0.05, 0.1) is 0 Å². The van der Waals surface area contributed by atoms with Crippen LogP contribution in [0, 0.1) is 11.8 Å². The summed E-state index contributed by atoms with van der Waals surface area (Å²) in [5, 5.41) is 0. The second-order valence-electron chi connectivity index (χ2n) is 7.60. The molecule has 2 fully saturated rings. The zero-order valence-corrected chi connectivity index (χ0v) is 15.4. The first-order valence-corrected chi connectivity index (χ1v) is 9.95. The number of carbonyl (C=O) groups is 1. The van der Waals surface area contributed by atoms with Gasteiger partial charge >= 0.3 is 0 Å². The molecule has 0 unspecified atom stereocenters. The van der Waals surface area contributed by atoms with Gasteiger partial charge in [-0.2, -0.15) is 0 Å². The van der Waals surface area contributed by atoms with E-state index >= 15 is 0 Å². The van der Waals surface area contributed by atoms with Crippen LogP contribution in [-0.4, -0.2) is 32.0 Å². The Balaban J connectivity index is 1.28. The van der Waals surface area contributed by atoms with Gasteiger partial charge < -0.3 is 9.80 Å². The first kappa shape index (κ1) is 17.1. The third-order valence-corrected chi connectivity index (χ3v) is 6.04. The highest BCUT2D eigenvalue weighted by atomic mass is 16.1. The molecule has 0 N–H and O–H groups in total. The molecule has 2 aliphatic heterocycles. The molecule has 2 heterocycles. The molecule has 0 saturated carbocycles. The minimum atomic E-state index is 0.267. The van der Waals surface area contributed by atoms with Crippen LogP contribution >= 0.6 is 0 Å². The van der Waals surface area contributed by atoms with Crippen LogP contribution < -0.4 is 9.80 Å². The van der Waals surface area contributed by atoms with Crippen LogP contribution in [0.25, 0.3) is 0 Å². The molecule has 3 nitrogen and oxygen atoms in total. The summed E-state index contributed by atoms with van der Waals surface area (Å²) in [5.41, 5.74) is 2.57. The van der Waals surface area contributed by atoms with E-state index in [0.29, 0.717) is 5.78 Å². The van der Waals surface area contributed by atoms with Gasteiger partial charge in [0.2, 0.25) is 0 Å². The van der Waals surface area contributed by atoms with E-state index in [1.54, 1.807) is 0 Å². The van der Waals surface area contributed by atoms with Gasteiger partial charge in [0.1, 0.15) is 5.78 Å². The van der Waals surface area contributed by atoms with Crippen molar-refractivity contribution in [2.24, 2.45) is 11.8 Å². The van der Waals surface area contributed by atoms with Gasteiger partial charge in [0.15, 0.2) is 0 Å². The molecule has 0 radical (unpaired) electrons. The first-order valence-electron chi connectivity index (χ1n) is 9.95. The molecule has 3 heteroatoms. The molecule has 0 atom stereocenters. The van der Waals surface area contributed by atoms with E-state index in [0.717, 1.165) is 51.9 Å². The Labute approximate surface area is 156 Å². The van der Waals surface area contributed by atoms with Crippen molar-refractivity contribution in [1.29, 1.82) is 0 Å². The third kappa shape index (κ3) is 3.77. The molecule has 0 bridgehead atoms. The van der Waals surface area contributed by atoms with Crippen LogP contribution in [0.4, 0.5) is 11.4 Å². The summed E-state index contributed by atoms with van der Waals surface area (Å²) in [6.45, 7) is 4.01. The van der Waals surface area contributed by atoms with Crippen molar-refractivity contribution >= 4 is 17.2 Å². The van der Waals surface area contributed by atoms with Crippen molar-refractivity contribution in [1.82, 2.24) is 0 Å². The van der Waals surface area contributed by atoms with Crippen LogP contribution in [0.3, 0.4) is 0 Å². The minimum Gasteiger partial charge on any atom is -0.371 e. The van der Waals surface area contributed by atoms with Crippen LogP contribution in [-0.2, 0) is 4.79 Å². The molecular formula is C23H28N2O. The minimum absolute atomic E-state index is 0.267. The monoisotopic (exact) mass is 348 g/mol. The van der Waals surface area contributed by atoms with Crippen LogP contribution in [0.1, 0.15) is 25.7 Å². The zero-order chi connectivity index (χ0) is 17.8. The molecule has 2 saturated heterocycles. The van der Waals surface area contributed by atoms with Crippen molar-refractivity contribution in [3.63, 3.8) is 0 Å². The summed E-state index contributed by atoms with van der Waals surface area (Å²) in [7, 11) is 0. The SMILES string of the molecule is O=C(C1CCN(c2ccccc2)CC1)C1CCN(c2ccccc2)CC1. The standard InChI is InChI=1S/C23H28N2O/c26-23(19-11-15-24(16-12-19)21-7-3-1-4-8-21)20-13-17-25(18-14-20)22-9-5-2-6-10-22/h1-10,19-20H,11-18H2. The average molecular weight is 348 g/mol. The Morgan fingerprint density at radius 2 is 0.962 bits per heavy atom. The average Bonchev–Trinajstić information content (AvgIpc) is 2.75. The number of Topliss-reactive ketones (excluding diaryl/α,β-unsaturated/α-hetero) is 1. The van der Waals surface area contributed by atoms with Crippen molar-refractivity contribution < 1.29 is 4.79 Å². The molecule has 0 aromatic heterocycles. The fraction of sp³-hybridized carbons (Fsp3) is 0.435. The van der Waals surface area contributed by atoms with E-state index in [4.69, 9.17) is 0 Å². The van der Waals surface area contributed by atoms with E-state index in [-0.39, 0.29) is 11.8 Å². The summed E-state index contributed by atoms with van der Waals surface area (Å²) < 4.78 is 0. The number of piperidine rings is 2. The fourth-order valence-electron chi connectivity index (χ4n) is 4.46. The second kappa shape index (κ2) is 7.94. The Morgan fingerprint density at radius 1 is 0.615 bits per heavy atom. The molecule has 2 aromatic carbocycles. The van der Waals surface area contributed by atoms with Gasteiger partial charge in [-0.3, -0.25) is 4.79 Å². The van der Waals surface area contributed by atoms with Gasteiger partial charge in [-0.05, 0) is 49.9 Å². The van der Waals surface area contributed by atoms with Gasteiger partial charge in [0, 0.05) is 49.4 Å². The third-order valence-electron chi connectivity index (χ3n) is 6.04. The van der Waals surface area contributed by atoms with Gasteiger partial charge in [-0.25, -0.2) is 0 Å². The van der Waals surface area contributed by atoms with E-state index in [9.17, 15) is 4.79 Å². The van der Waals surface area contributed by atoms with Crippen LogP contribution in [0.5, 0.6) is 0 Å². The Hall–Kier alpha value is -2.29. The van der Waals surface area contributed by atoms with Crippen LogP contribution in [0.2, 0.25) is 0 Å². The normalized spacial score (nSPS) is 19.5. The quantitative estimate of drug-likeness (QED) is 0.819. The maximum Gasteiger partial charge on any atom is 0.139 e. The first-order chi connectivity index (χ1) is 12.8. The molecular weight excluding hydrogens is 320 g/mol. The smallest absolute Gasteiger partial charge is 0.139 e. The molecule has 2 aromatic rings. The molecule has 4 rings (SSSR count). The lowest BCUT2D eigenvalue weighted by Gasteiger charge is -2.37. The Kier molecular flexibility index (Phi) is 5.24. The number of nitrogens with zero attached hydrogens (tertiary/aromatic N) is 2. The number of hydrogen-bond acceptors (Lipinski definition) is 3. The summed E-state index contributed by atoms with van der Waals surface area (Å²) in [4.78, 5) is 17.8. The Bertz CT molecular complexity index is 638. The lowest BCUT2D eigenvalue weighted by molar-refractivity contribution is -0.128. The molecule has 136 valence electrons. The van der Waals surface area contributed by atoms with E-state index < -0.39 is 0 Å². The predicted octanol–water partition coefficient (Wildman–Crippen LogP) is 4.39. The number of carbonyl (C=O) groups excluding carboxylic acids is 1. The van der Waals surface area contributed by atoms with Gasteiger partial charge in [-0.1, -0.05) is 36.4 Å². The highest BCUT2D eigenvalue weighted by molar-refractivity contribution is 5.84. The maximum atomic E-state index is 13.0. The molecule has 0 spiro atoms. The number of para-hydroxylation sites is 2. The highest BCUT2D eigenvalue weighted by Gasteiger charge is 2.32. The van der Waals surface area contributed by atoms with E-state index in [2.05, 4.69) is 70.5 Å². The Morgan fingerprint density at radius 3 is 1.31 bits per heavy atom. The maximum absolute atomic E-state index is 13.0. The number of rotatable bonds is 4. The van der Waals surface area contributed by atoms with Gasteiger partial charge in [0.25, 0.3) is 0 Å². The number of benzene rings is 2. The molecule has 0 amide bonds. The van der Waals surface area contributed by atoms with Gasteiger partial charge in [-0.15, -0.1) is 0 Å². The lowest BCUT2D eigenvalue weighted by atomic mass is 9.81. The molecule has 2 aliphatic rings. The molecule has 0 aliphatic carbocycles. The van der Waals surface area contributed by atoms with Crippen molar-refractivity contribution in [3.05, 3.63) is 60.7 Å². The zero-order valence-electron chi connectivity index (χ0n) is 15.4. The van der Waals surface area contributed by atoms with Crippen molar-refractivity contribution in [3.8, 4) is 0 Å². The lowest BCUT2D eigenvalue weighted by Crippen LogP contribution is -2.41. The van der Waals surface area contributed by atoms with Crippen molar-refractivity contribution in [2.45, 2.75) is 25.7 Å². The summed E-state index contributed by atoms with van der Waals surface area (Å²) >= 11 is 0. The summed E-state index contributed by atoms with van der Waals surface area (Å²) in [5.74, 6) is 1.07. The number of ketones is 1. The molecule has 26 heavy (non-hydrogen) atoms. The largest absolute Gasteiger partial charge is 0.371 e. The van der Waals surface area contributed by atoms with Crippen LogP contribution in [0.15, 0.2) is 60.7 Å². The number of hydrogen-bond donors (Lipinski definition) is 0. The predicted molar refractivity (Wildman–Crippen MR) is 108 cm³/mol. The summed E-state index contributed by atoms with van der Waals surface area (Å²) in [6.07, 6.45) is 4.03. The van der Waals surface area contributed by atoms with E-state index in [1.165, 1.54) is 11.4 Å². The van der Waals surface area contributed by atoms with Crippen molar-refractivity contribution in [2.75, 3.05) is 36.0 Å². The fourth-order valence-corrected chi connectivity index (χ4v) is 4.46. The second-order valence-corrected chi connectivity index (χ2v) is 7.60. The van der Waals surface area contributed by atoms with E-state index in [1.807, 2.05) is 0 Å². The topological polar surface area (TPSA) is 23.6 Å².